The molecule has 27 heavy (non-hydrogen) atoms. The van der Waals surface area contributed by atoms with Gasteiger partial charge in [0.25, 0.3) is 5.91 Å². The van der Waals surface area contributed by atoms with E-state index in [1.807, 2.05) is 6.92 Å². The summed E-state index contributed by atoms with van der Waals surface area (Å²) in [6, 6.07) is 12.3. The fourth-order valence-electron chi connectivity index (χ4n) is 2.20. The molecule has 6 nitrogen and oxygen atoms in total. The number of carbonyl (C=O) groups is 2. The molecule has 0 saturated heterocycles. The fraction of sp³-hybridized carbons (Fsp3) is 0.300. The highest BCUT2D eigenvalue weighted by Gasteiger charge is 2.10. The van der Waals surface area contributed by atoms with Gasteiger partial charge in [0.2, 0.25) is 0 Å². The van der Waals surface area contributed by atoms with Crippen LogP contribution >= 0.6 is 11.6 Å². The van der Waals surface area contributed by atoms with Gasteiger partial charge in [0.15, 0.2) is 6.61 Å². The molecule has 0 bridgehead atoms. The van der Waals surface area contributed by atoms with Gasteiger partial charge in [0.1, 0.15) is 11.5 Å². The number of halogens is 1. The zero-order chi connectivity index (χ0) is 19.6. The molecule has 2 aromatic rings. The molecule has 0 aliphatic carbocycles. The van der Waals surface area contributed by atoms with Gasteiger partial charge in [-0.2, -0.15) is 0 Å². The molecule has 1 amide bonds. The molecule has 0 aliphatic rings. The predicted molar refractivity (Wildman–Crippen MR) is 104 cm³/mol. The Morgan fingerprint density at radius 1 is 1.04 bits per heavy atom. The maximum Gasteiger partial charge on any atom is 0.309 e. The van der Waals surface area contributed by atoms with Gasteiger partial charge in [-0.15, -0.1) is 0 Å². The SMILES string of the molecule is CCOc1ccc(OCCC(=O)OCC(=O)Nc2cccc(Cl)c2C)cc1. The van der Waals surface area contributed by atoms with Crippen molar-refractivity contribution >= 4 is 29.2 Å². The number of benzene rings is 2. The number of carbonyl (C=O) groups excluding carboxylic acids is 2. The highest BCUT2D eigenvalue weighted by Crippen LogP contribution is 2.22. The van der Waals surface area contributed by atoms with Crippen molar-refractivity contribution in [3.8, 4) is 11.5 Å². The molecule has 0 fully saturated rings. The summed E-state index contributed by atoms with van der Waals surface area (Å²) in [5, 5.41) is 3.21. The first kappa shape index (κ1) is 20.6. The van der Waals surface area contributed by atoms with Crippen LogP contribution < -0.4 is 14.8 Å². The molecule has 0 heterocycles. The summed E-state index contributed by atoms with van der Waals surface area (Å²) in [5.41, 5.74) is 1.34. The van der Waals surface area contributed by atoms with Crippen LogP contribution in [0, 0.1) is 6.92 Å². The fourth-order valence-corrected chi connectivity index (χ4v) is 2.37. The highest BCUT2D eigenvalue weighted by atomic mass is 35.5. The zero-order valence-corrected chi connectivity index (χ0v) is 16.0. The molecular formula is C20H22ClNO5. The number of hydrogen-bond acceptors (Lipinski definition) is 5. The van der Waals surface area contributed by atoms with Crippen molar-refractivity contribution < 1.29 is 23.8 Å². The summed E-state index contributed by atoms with van der Waals surface area (Å²) in [5.74, 6) is 0.436. The lowest BCUT2D eigenvalue weighted by atomic mass is 10.2. The Labute approximate surface area is 163 Å². The first-order valence-corrected chi connectivity index (χ1v) is 8.93. The number of anilines is 1. The van der Waals surface area contributed by atoms with Crippen LogP contribution in [0.5, 0.6) is 11.5 Å². The van der Waals surface area contributed by atoms with Crippen molar-refractivity contribution in [3.63, 3.8) is 0 Å². The van der Waals surface area contributed by atoms with Gasteiger partial charge >= 0.3 is 5.97 Å². The Morgan fingerprint density at radius 2 is 1.70 bits per heavy atom. The third-order valence-corrected chi connectivity index (χ3v) is 4.03. The molecule has 0 atom stereocenters. The van der Waals surface area contributed by atoms with Crippen molar-refractivity contribution in [2.75, 3.05) is 25.1 Å². The standard InChI is InChI=1S/C20H22ClNO5/c1-3-25-15-7-9-16(10-8-15)26-12-11-20(24)27-13-19(23)22-18-6-4-5-17(21)14(18)2/h4-10H,3,11-13H2,1-2H3,(H,22,23). The highest BCUT2D eigenvalue weighted by molar-refractivity contribution is 6.31. The monoisotopic (exact) mass is 391 g/mol. The molecule has 7 heteroatoms. The number of nitrogens with one attached hydrogen (secondary N) is 1. The van der Waals surface area contributed by atoms with Crippen LogP contribution in [-0.4, -0.2) is 31.7 Å². The number of amides is 1. The van der Waals surface area contributed by atoms with Gasteiger partial charge in [-0.3, -0.25) is 9.59 Å². The van der Waals surface area contributed by atoms with Crippen LogP contribution in [0.2, 0.25) is 5.02 Å². The summed E-state index contributed by atoms with van der Waals surface area (Å²) in [6.45, 7) is 4.08. The Bertz CT molecular complexity index is 776. The largest absolute Gasteiger partial charge is 0.494 e. The molecule has 0 saturated carbocycles. The second kappa shape index (κ2) is 10.4. The summed E-state index contributed by atoms with van der Waals surface area (Å²) < 4.78 is 15.8. The minimum absolute atomic E-state index is 0.0384. The second-order valence-corrected chi connectivity index (χ2v) is 6.03. The van der Waals surface area contributed by atoms with Crippen molar-refractivity contribution in [1.82, 2.24) is 0 Å². The van der Waals surface area contributed by atoms with Crippen molar-refractivity contribution in [3.05, 3.63) is 53.1 Å². The van der Waals surface area contributed by atoms with E-state index >= 15 is 0 Å². The smallest absolute Gasteiger partial charge is 0.309 e. The van der Waals surface area contributed by atoms with E-state index in [0.29, 0.717) is 23.1 Å². The Hall–Kier alpha value is -2.73. The van der Waals surface area contributed by atoms with E-state index in [2.05, 4.69) is 5.32 Å². The molecule has 2 aromatic carbocycles. The van der Waals surface area contributed by atoms with Gasteiger partial charge < -0.3 is 19.5 Å². The Kier molecular flexibility index (Phi) is 7.95. The van der Waals surface area contributed by atoms with Crippen LogP contribution in [0.1, 0.15) is 18.9 Å². The summed E-state index contributed by atoms with van der Waals surface area (Å²) in [6.07, 6.45) is 0.0384. The van der Waals surface area contributed by atoms with Crippen molar-refractivity contribution in [2.45, 2.75) is 20.3 Å². The maximum atomic E-state index is 11.9. The number of esters is 1. The summed E-state index contributed by atoms with van der Waals surface area (Å²) in [4.78, 5) is 23.6. The third kappa shape index (κ3) is 6.83. The lowest BCUT2D eigenvalue weighted by Crippen LogP contribution is -2.22. The van der Waals surface area contributed by atoms with E-state index in [0.717, 1.165) is 11.3 Å². The first-order chi connectivity index (χ1) is 13.0. The Balaban J connectivity index is 1.68. The molecule has 0 aromatic heterocycles. The molecular weight excluding hydrogens is 370 g/mol. The van der Waals surface area contributed by atoms with Crippen molar-refractivity contribution in [2.24, 2.45) is 0 Å². The van der Waals surface area contributed by atoms with Crippen LogP contribution in [0.4, 0.5) is 5.69 Å². The average Bonchev–Trinajstić information content (AvgIpc) is 2.65. The lowest BCUT2D eigenvalue weighted by Gasteiger charge is -2.10. The quantitative estimate of drug-likeness (QED) is 0.654. The van der Waals surface area contributed by atoms with Crippen LogP contribution in [0.25, 0.3) is 0 Å². The molecule has 2 rings (SSSR count). The molecule has 144 valence electrons. The maximum absolute atomic E-state index is 11.9. The van der Waals surface area contributed by atoms with Crippen LogP contribution in [0.15, 0.2) is 42.5 Å². The molecule has 0 spiro atoms. The number of ether oxygens (including phenoxy) is 3. The van der Waals surface area contributed by atoms with E-state index in [4.69, 9.17) is 25.8 Å². The number of rotatable bonds is 9. The van der Waals surface area contributed by atoms with Crippen LogP contribution in [0.3, 0.4) is 0 Å². The normalized spacial score (nSPS) is 10.2. The second-order valence-electron chi connectivity index (χ2n) is 5.62. The van der Waals surface area contributed by atoms with E-state index in [1.165, 1.54) is 0 Å². The molecule has 1 N–H and O–H groups in total. The lowest BCUT2D eigenvalue weighted by molar-refractivity contribution is -0.147. The predicted octanol–water partition coefficient (Wildman–Crippen LogP) is 4.00. The Morgan fingerprint density at radius 3 is 2.37 bits per heavy atom. The minimum Gasteiger partial charge on any atom is -0.494 e. The van der Waals surface area contributed by atoms with Gasteiger partial charge in [-0.1, -0.05) is 17.7 Å². The molecule has 0 unspecified atom stereocenters. The topological polar surface area (TPSA) is 73.9 Å². The van der Waals surface area contributed by atoms with Gasteiger partial charge in [-0.25, -0.2) is 0 Å². The van der Waals surface area contributed by atoms with Crippen LogP contribution in [-0.2, 0) is 14.3 Å². The van der Waals surface area contributed by atoms with E-state index in [1.54, 1.807) is 49.4 Å². The zero-order valence-electron chi connectivity index (χ0n) is 15.3. The molecule has 0 radical (unpaired) electrons. The van der Waals surface area contributed by atoms with E-state index in [-0.39, 0.29) is 19.6 Å². The van der Waals surface area contributed by atoms with E-state index < -0.39 is 11.9 Å². The van der Waals surface area contributed by atoms with Gasteiger partial charge in [0.05, 0.1) is 19.6 Å². The number of hydrogen-bond donors (Lipinski definition) is 1. The van der Waals surface area contributed by atoms with Gasteiger partial charge in [0, 0.05) is 10.7 Å². The summed E-state index contributed by atoms with van der Waals surface area (Å²) >= 11 is 6.00. The first-order valence-electron chi connectivity index (χ1n) is 8.56. The summed E-state index contributed by atoms with van der Waals surface area (Å²) in [7, 11) is 0. The van der Waals surface area contributed by atoms with Gasteiger partial charge in [-0.05, 0) is 55.8 Å². The minimum atomic E-state index is -0.515. The van der Waals surface area contributed by atoms with E-state index in [9.17, 15) is 9.59 Å². The third-order valence-electron chi connectivity index (χ3n) is 3.62. The average molecular weight is 392 g/mol. The van der Waals surface area contributed by atoms with Crippen molar-refractivity contribution in [1.29, 1.82) is 0 Å². The molecule has 0 aliphatic heterocycles.